The van der Waals surface area contributed by atoms with Gasteiger partial charge in [-0.25, -0.2) is 5.43 Å². The van der Waals surface area contributed by atoms with Crippen LogP contribution >= 0.6 is 15.9 Å². The second kappa shape index (κ2) is 7.37. The number of hydrazone groups is 1. The van der Waals surface area contributed by atoms with Gasteiger partial charge in [-0.15, -0.1) is 0 Å². The van der Waals surface area contributed by atoms with Gasteiger partial charge in [0.1, 0.15) is 5.75 Å². The van der Waals surface area contributed by atoms with Crippen LogP contribution in [0, 0.1) is 0 Å². The summed E-state index contributed by atoms with van der Waals surface area (Å²) in [4.78, 5) is 23.3. The lowest BCUT2D eigenvalue weighted by molar-refractivity contribution is -0.136. The molecule has 0 radical (unpaired) electrons. The molecular formula is C15H12BrN3O3. The molecule has 6 nitrogen and oxygen atoms in total. The van der Waals surface area contributed by atoms with Crippen molar-refractivity contribution in [2.45, 2.75) is 0 Å². The number of amides is 2. The summed E-state index contributed by atoms with van der Waals surface area (Å²) in [6.45, 7) is 0. The molecule has 2 rings (SSSR count). The van der Waals surface area contributed by atoms with Crippen molar-refractivity contribution in [1.82, 2.24) is 5.43 Å². The summed E-state index contributed by atoms with van der Waals surface area (Å²) in [5.74, 6) is -1.56. The lowest BCUT2D eigenvalue weighted by Crippen LogP contribution is -2.32. The van der Waals surface area contributed by atoms with E-state index in [0.717, 1.165) is 4.47 Å². The van der Waals surface area contributed by atoms with Crippen molar-refractivity contribution < 1.29 is 14.7 Å². The van der Waals surface area contributed by atoms with E-state index >= 15 is 0 Å². The fraction of sp³-hybridized carbons (Fsp3) is 0. The maximum absolute atomic E-state index is 11.7. The van der Waals surface area contributed by atoms with E-state index in [1.165, 1.54) is 18.3 Å². The van der Waals surface area contributed by atoms with Gasteiger partial charge in [-0.05, 0) is 48.0 Å². The van der Waals surface area contributed by atoms with Gasteiger partial charge in [-0.2, -0.15) is 5.10 Å². The Balaban J connectivity index is 1.89. The van der Waals surface area contributed by atoms with Crippen molar-refractivity contribution in [3.05, 3.63) is 58.6 Å². The van der Waals surface area contributed by atoms with Crippen LogP contribution in [0.15, 0.2) is 58.1 Å². The van der Waals surface area contributed by atoms with Crippen LogP contribution in [0.25, 0.3) is 0 Å². The first-order chi connectivity index (χ1) is 10.5. The molecule has 0 spiro atoms. The Labute approximate surface area is 135 Å². The molecule has 0 fully saturated rings. The summed E-state index contributed by atoms with van der Waals surface area (Å²) < 4.78 is 0.788. The first-order valence-corrected chi connectivity index (χ1v) is 7.03. The molecule has 0 atom stereocenters. The van der Waals surface area contributed by atoms with Crippen molar-refractivity contribution in [3.8, 4) is 5.75 Å². The summed E-state index contributed by atoms with van der Waals surface area (Å²) in [6.07, 6.45) is 1.36. The third kappa shape index (κ3) is 4.71. The SMILES string of the molecule is O=C(N/N=C\c1ccc(O)cc1)C(=O)Nc1cccc(Br)c1. The van der Waals surface area contributed by atoms with E-state index < -0.39 is 11.8 Å². The zero-order valence-electron chi connectivity index (χ0n) is 11.3. The van der Waals surface area contributed by atoms with Gasteiger partial charge >= 0.3 is 11.8 Å². The molecule has 2 aromatic carbocycles. The van der Waals surface area contributed by atoms with E-state index in [0.29, 0.717) is 11.3 Å². The highest BCUT2D eigenvalue weighted by atomic mass is 79.9. The highest BCUT2D eigenvalue weighted by molar-refractivity contribution is 9.10. The Morgan fingerprint density at radius 2 is 1.82 bits per heavy atom. The van der Waals surface area contributed by atoms with Crippen molar-refractivity contribution in [2.24, 2.45) is 5.10 Å². The third-order valence-corrected chi connectivity index (χ3v) is 3.05. The number of halogens is 1. The zero-order chi connectivity index (χ0) is 15.9. The molecule has 0 bridgehead atoms. The van der Waals surface area contributed by atoms with Crippen molar-refractivity contribution in [3.63, 3.8) is 0 Å². The molecule has 0 aliphatic rings. The number of hydrogen-bond acceptors (Lipinski definition) is 4. The normalized spacial score (nSPS) is 10.4. The van der Waals surface area contributed by atoms with Gasteiger partial charge in [0.2, 0.25) is 0 Å². The van der Waals surface area contributed by atoms with Crippen LogP contribution < -0.4 is 10.7 Å². The maximum atomic E-state index is 11.7. The van der Waals surface area contributed by atoms with Crippen molar-refractivity contribution in [1.29, 1.82) is 0 Å². The number of nitrogens with zero attached hydrogens (tertiary/aromatic N) is 1. The molecule has 112 valence electrons. The number of anilines is 1. The molecular weight excluding hydrogens is 350 g/mol. The van der Waals surface area contributed by atoms with Gasteiger partial charge in [0.15, 0.2) is 0 Å². The molecule has 0 saturated carbocycles. The fourth-order valence-electron chi connectivity index (χ4n) is 1.53. The van der Waals surface area contributed by atoms with E-state index in [1.54, 1.807) is 36.4 Å². The number of carbonyl (C=O) groups excluding carboxylic acids is 2. The first-order valence-electron chi connectivity index (χ1n) is 6.23. The van der Waals surface area contributed by atoms with Crippen LogP contribution in [-0.2, 0) is 9.59 Å². The number of rotatable bonds is 3. The molecule has 3 N–H and O–H groups in total. The topological polar surface area (TPSA) is 90.8 Å². The number of aromatic hydroxyl groups is 1. The molecule has 0 aromatic heterocycles. The molecule has 7 heteroatoms. The maximum Gasteiger partial charge on any atom is 0.329 e. The van der Waals surface area contributed by atoms with Gasteiger partial charge in [0, 0.05) is 10.2 Å². The third-order valence-electron chi connectivity index (χ3n) is 2.56. The highest BCUT2D eigenvalue weighted by Crippen LogP contribution is 2.15. The molecule has 2 aromatic rings. The summed E-state index contributed by atoms with van der Waals surface area (Å²) in [6, 6.07) is 13.1. The Morgan fingerprint density at radius 3 is 2.50 bits per heavy atom. The lowest BCUT2D eigenvalue weighted by atomic mass is 10.2. The number of hydrogen-bond donors (Lipinski definition) is 3. The van der Waals surface area contributed by atoms with Crippen molar-refractivity contribution >= 4 is 39.6 Å². The average molecular weight is 362 g/mol. The minimum Gasteiger partial charge on any atom is -0.508 e. The largest absolute Gasteiger partial charge is 0.508 e. The quantitative estimate of drug-likeness (QED) is 0.444. The van der Waals surface area contributed by atoms with Crippen molar-refractivity contribution in [2.75, 3.05) is 5.32 Å². The molecule has 2 amide bonds. The monoisotopic (exact) mass is 361 g/mol. The summed E-state index contributed by atoms with van der Waals surface area (Å²) in [5.41, 5.74) is 3.29. The predicted molar refractivity (Wildman–Crippen MR) is 86.6 cm³/mol. The van der Waals surface area contributed by atoms with Crippen LogP contribution in [-0.4, -0.2) is 23.1 Å². The summed E-state index contributed by atoms with van der Waals surface area (Å²) >= 11 is 3.27. The number of nitrogens with one attached hydrogen (secondary N) is 2. The minimum atomic E-state index is -0.880. The van der Waals surface area contributed by atoms with Crippen LogP contribution in [0.4, 0.5) is 5.69 Å². The second-order valence-corrected chi connectivity index (χ2v) is 5.17. The standard InChI is InChI=1S/C15H12BrN3O3/c16-11-2-1-3-12(8-11)18-14(21)15(22)19-17-9-10-4-6-13(20)7-5-10/h1-9,20H,(H,18,21)(H,19,22)/b17-9-. The Hall–Kier alpha value is -2.67. The van der Waals surface area contributed by atoms with Gasteiger partial charge in [0.25, 0.3) is 0 Å². The first kappa shape index (κ1) is 15.7. The second-order valence-electron chi connectivity index (χ2n) is 4.26. The number of phenols is 1. The van der Waals surface area contributed by atoms with Gasteiger partial charge in [0.05, 0.1) is 6.21 Å². The van der Waals surface area contributed by atoms with Crippen LogP contribution in [0.3, 0.4) is 0 Å². The summed E-state index contributed by atoms with van der Waals surface area (Å²) in [7, 11) is 0. The molecule has 0 aliphatic heterocycles. The average Bonchev–Trinajstić information content (AvgIpc) is 2.49. The Kier molecular flexibility index (Phi) is 5.26. The highest BCUT2D eigenvalue weighted by Gasteiger charge is 2.12. The fourth-order valence-corrected chi connectivity index (χ4v) is 1.93. The van der Waals surface area contributed by atoms with E-state index in [-0.39, 0.29) is 5.75 Å². The number of carbonyl (C=O) groups is 2. The number of phenolic OH excluding ortho intramolecular Hbond substituents is 1. The molecule has 0 heterocycles. The summed E-state index contributed by atoms with van der Waals surface area (Å²) in [5, 5.41) is 15.3. The molecule has 0 saturated heterocycles. The Bertz CT molecular complexity index is 714. The zero-order valence-corrected chi connectivity index (χ0v) is 12.9. The predicted octanol–water partition coefficient (Wildman–Crippen LogP) is 2.24. The van der Waals surface area contributed by atoms with E-state index in [4.69, 9.17) is 5.11 Å². The van der Waals surface area contributed by atoms with Gasteiger partial charge in [-0.1, -0.05) is 22.0 Å². The van der Waals surface area contributed by atoms with E-state index in [1.807, 2.05) is 0 Å². The molecule has 22 heavy (non-hydrogen) atoms. The smallest absolute Gasteiger partial charge is 0.329 e. The van der Waals surface area contributed by atoms with Crippen LogP contribution in [0.5, 0.6) is 5.75 Å². The van der Waals surface area contributed by atoms with E-state index in [2.05, 4.69) is 31.8 Å². The minimum absolute atomic E-state index is 0.134. The number of benzene rings is 2. The van der Waals surface area contributed by atoms with Gasteiger partial charge < -0.3 is 10.4 Å². The molecule has 0 unspecified atom stereocenters. The van der Waals surface area contributed by atoms with Gasteiger partial charge in [-0.3, -0.25) is 9.59 Å². The lowest BCUT2D eigenvalue weighted by Gasteiger charge is -2.04. The van der Waals surface area contributed by atoms with E-state index in [9.17, 15) is 9.59 Å². The van der Waals surface area contributed by atoms with Crippen LogP contribution in [0.2, 0.25) is 0 Å². The Morgan fingerprint density at radius 1 is 1.09 bits per heavy atom. The van der Waals surface area contributed by atoms with Crippen LogP contribution in [0.1, 0.15) is 5.56 Å². The molecule has 0 aliphatic carbocycles.